The van der Waals surface area contributed by atoms with Gasteiger partial charge < -0.3 is 4.74 Å². The fourth-order valence-electron chi connectivity index (χ4n) is 2.86. The van der Waals surface area contributed by atoms with Gasteiger partial charge in [-0.3, -0.25) is 4.79 Å². The van der Waals surface area contributed by atoms with Crippen molar-refractivity contribution in [1.29, 1.82) is 0 Å². The summed E-state index contributed by atoms with van der Waals surface area (Å²) in [7, 11) is -2.22. The van der Waals surface area contributed by atoms with E-state index in [1.165, 1.54) is 16.8 Å². The number of carbonyl (C=O) groups is 1. The van der Waals surface area contributed by atoms with Crippen LogP contribution >= 0.6 is 0 Å². The van der Waals surface area contributed by atoms with Crippen molar-refractivity contribution in [1.82, 2.24) is 19.7 Å². The Hall–Kier alpha value is -3.20. The minimum Gasteiger partial charge on any atom is -0.497 e. The Kier molecular flexibility index (Phi) is 3.55. The summed E-state index contributed by atoms with van der Waals surface area (Å²) in [6.45, 7) is 1.94. The summed E-state index contributed by atoms with van der Waals surface area (Å²) < 4.78 is 32.6. The van der Waals surface area contributed by atoms with Crippen molar-refractivity contribution in [2.75, 3.05) is 7.11 Å². The minimum absolute atomic E-state index is 0.0577. The number of carbonyl (C=O) groups excluding carboxylic acids is 1. The van der Waals surface area contributed by atoms with Crippen molar-refractivity contribution in [2.45, 2.75) is 11.8 Å². The van der Waals surface area contributed by atoms with Crippen molar-refractivity contribution >= 4 is 15.9 Å². The van der Waals surface area contributed by atoms with Gasteiger partial charge in [0.25, 0.3) is 15.9 Å². The molecule has 1 aliphatic heterocycles. The fourth-order valence-corrected chi connectivity index (χ4v) is 4.05. The molecular formula is C17H14N4O4S. The van der Waals surface area contributed by atoms with Crippen LogP contribution in [0.2, 0.25) is 0 Å². The number of ether oxygens (including phenoxy) is 1. The molecule has 8 nitrogen and oxygen atoms in total. The molecule has 9 heteroatoms. The zero-order valence-corrected chi connectivity index (χ0v) is 14.7. The number of hydrogen-bond acceptors (Lipinski definition) is 6. The van der Waals surface area contributed by atoms with Crippen molar-refractivity contribution < 1.29 is 17.9 Å². The number of nitrogens with zero attached hydrogens (tertiary/aromatic N) is 3. The summed E-state index contributed by atoms with van der Waals surface area (Å²) in [4.78, 5) is 11.6. The second-order valence-electron chi connectivity index (χ2n) is 5.84. The molecule has 0 fully saturated rings. The zero-order chi connectivity index (χ0) is 18.5. The van der Waals surface area contributed by atoms with E-state index in [1.807, 2.05) is 29.8 Å². The van der Waals surface area contributed by atoms with E-state index < -0.39 is 15.9 Å². The molecule has 1 aromatic heterocycles. The smallest absolute Gasteiger partial charge is 0.266 e. The first-order valence-electron chi connectivity index (χ1n) is 7.68. The molecule has 0 spiro atoms. The van der Waals surface area contributed by atoms with Gasteiger partial charge in [-0.25, -0.2) is 17.8 Å². The summed E-state index contributed by atoms with van der Waals surface area (Å²) in [6.07, 6.45) is 1.70. The van der Waals surface area contributed by atoms with Crippen molar-refractivity contribution in [3.05, 3.63) is 53.7 Å². The van der Waals surface area contributed by atoms with Crippen LogP contribution in [0.5, 0.6) is 5.75 Å². The van der Waals surface area contributed by atoms with Crippen LogP contribution in [-0.4, -0.2) is 36.4 Å². The number of nitrogens with one attached hydrogen (secondary N) is 1. The van der Waals surface area contributed by atoms with E-state index >= 15 is 0 Å². The Balaban J connectivity index is 1.75. The van der Waals surface area contributed by atoms with Gasteiger partial charge in [-0.05, 0) is 48.9 Å². The van der Waals surface area contributed by atoms with Crippen molar-refractivity contribution in [3.8, 4) is 22.7 Å². The Morgan fingerprint density at radius 1 is 1.12 bits per heavy atom. The normalized spacial score (nSPS) is 14.8. The maximum atomic E-state index is 12.0. The van der Waals surface area contributed by atoms with Crippen molar-refractivity contribution in [3.63, 3.8) is 0 Å². The Morgan fingerprint density at radius 3 is 2.62 bits per heavy atom. The van der Waals surface area contributed by atoms with Crippen LogP contribution < -0.4 is 9.46 Å². The average molecular weight is 370 g/mol. The van der Waals surface area contributed by atoms with Crippen LogP contribution in [0.1, 0.15) is 15.9 Å². The summed E-state index contributed by atoms with van der Waals surface area (Å²) in [5.74, 6) is 0.124. The van der Waals surface area contributed by atoms with E-state index in [2.05, 4.69) is 10.3 Å². The molecular weight excluding hydrogens is 356 g/mol. The molecule has 3 aromatic rings. The van der Waals surface area contributed by atoms with Crippen molar-refractivity contribution in [2.24, 2.45) is 0 Å². The van der Waals surface area contributed by atoms with E-state index in [9.17, 15) is 13.2 Å². The molecule has 1 N–H and O–H groups in total. The fraction of sp³-hybridized carbons (Fsp3) is 0.118. The van der Waals surface area contributed by atoms with E-state index in [1.54, 1.807) is 19.4 Å². The molecule has 0 saturated carbocycles. The van der Waals surface area contributed by atoms with Crippen LogP contribution in [0.15, 0.2) is 47.5 Å². The Morgan fingerprint density at radius 2 is 1.88 bits per heavy atom. The summed E-state index contributed by atoms with van der Waals surface area (Å²) in [6, 6.07) is 10.1. The molecule has 4 rings (SSSR count). The van der Waals surface area contributed by atoms with Gasteiger partial charge >= 0.3 is 0 Å². The number of sulfonamides is 1. The molecule has 132 valence electrons. The first-order chi connectivity index (χ1) is 12.4. The molecule has 0 aliphatic carbocycles. The summed E-state index contributed by atoms with van der Waals surface area (Å²) in [5.41, 5.74) is 3.13. The molecule has 0 bridgehead atoms. The lowest BCUT2D eigenvalue weighted by molar-refractivity contribution is 0.0985. The monoisotopic (exact) mass is 370 g/mol. The summed E-state index contributed by atoms with van der Waals surface area (Å²) in [5, 5.41) is 8.24. The summed E-state index contributed by atoms with van der Waals surface area (Å²) >= 11 is 0. The predicted octanol–water partition coefficient (Wildman–Crippen LogP) is 1.68. The molecule has 1 aliphatic rings. The first-order valence-corrected chi connectivity index (χ1v) is 9.16. The standard InChI is InChI=1S/C17H14N4O4S/c1-10-7-12(25-2)4-6-13(10)15-9-21(20-18-15)11-3-5-14-16(8-11)26(23,24)19-17(14)22/h3-9H,1-2H3,(H,19,22). The highest BCUT2D eigenvalue weighted by Gasteiger charge is 2.32. The van der Waals surface area contributed by atoms with Gasteiger partial charge in [0, 0.05) is 5.56 Å². The van der Waals surface area contributed by atoms with Gasteiger partial charge in [-0.15, -0.1) is 5.10 Å². The third kappa shape index (κ3) is 2.53. The number of aryl methyl sites for hydroxylation is 1. The minimum atomic E-state index is -3.82. The lowest BCUT2D eigenvalue weighted by Gasteiger charge is -2.05. The van der Waals surface area contributed by atoms with Crippen LogP contribution in [0.25, 0.3) is 16.9 Å². The molecule has 2 aromatic carbocycles. The average Bonchev–Trinajstić information content (AvgIpc) is 3.18. The second kappa shape index (κ2) is 5.67. The third-order valence-corrected chi connectivity index (χ3v) is 5.56. The number of rotatable bonds is 3. The lowest BCUT2D eigenvalue weighted by atomic mass is 10.1. The molecule has 0 atom stereocenters. The van der Waals surface area contributed by atoms with Gasteiger partial charge in [-0.1, -0.05) is 5.21 Å². The molecule has 0 radical (unpaired) electrons. The molecule has 0 saturated heterocycles. The quantitative estimate of drug-likeness (QED) is 0.752. The van der Waals surface area contributed by atoms with E-state index in [0.717, 1.165) is 16.9 Å². The molecule has 1 amide bonds. The molecule has 0 unspecified atom stereocenters. The van der Waals surface area contributed by atoms with E-state index in [-0.39, 0.29) is 10.5 Å². The van der Waals surface area contributed by atoms with Gasteiger partial charge in [-0.2, -0.15) is 0 Å². The highest BCUT2D eigenvalue weighted by atomic mass is 32.2. The third-order valence-electron chi connectivity index (χ3n) is 4.19. The Bertz CT molecular complexity index is 1150. The van der Waals surface area contributed by atoms with Crippen LogP contribution in [0, 0.1) is 6.92 Å². The second-order valence-corrected chi connectivity index (χ2v) is 7.50. The number of hydrogen-bond donors (Lipinski definition) is 1. The Labute approximate surface area is 149 Å². The molecule has 2 heterocycles. The maximum Gasteiger partial charge on any atom is 0.266 e. The largest absolute Gasteiger partial charge is 0.497 e. The number of benzene rings is 2. The van der Waals surface area contributed by atoms with Gasteiger partial charge in [0.1, 0.15) is 16.3 Å². The number of aromatic nitrogens is 3. The van der Waals surface area contributed by atoms with Crippen LogP contribution in [0.4, 0.5) is 0 Å². The van der Waals surface area contributed by atoms with Gasteiger partial charge in [0.05, 0.1) is 24.6 Å². The molecule has 26 heavy (non-hydrogen) atoms. The highest BCUT2D eigenvalue weighted by molar-refractivity contribution is 7.90. The van der Waals surface area contributed by atoms with Crippen LogP contribution in [0.3, 0.4) is 0 Å². The zero-order valence-electron chi connectivity index (χ0n) is 13.9. The highest BCUT2D eigenvalue weighted by Crippen LogP contribution is 2.27. The van der Waals surface area contributed by atoms with E-state index in [0.29, 0.717) is 11.4 Å². The first kappa shape index (κ1) is 16.3. The van der Waals surface area contributed by atoms with Gasteiger partial charge in [0.2, 0.25) is 0 Å². The predicted molar refractivity (Wildman–Crippen MR) is 92.7 cm³/mol. The maximum absolute atomic E-state index is 12.0. The SMILES string of the molecule is COc1ccc(-c2cn(-c3ccc4c(c3)S(=O)(=O)NC4=O)nn2)c(C)c1. The number of methoxy groups -OCH3 is 1. The lowest BCUT2D eigenvalue weighted by Crippen LogP contribution is -2.20. The van der Waals surface area contributed by atoms with Gasteiger partial charge in [0.15, 0.2) is 0 Å². The van der Waals surface area contributed by atoms with Crippen LogP contribution in [-0.2, 0) is 10.0 Å². The number of fused-ring (bicyclic) bond motifs is 1. The topological polar surface area (TPSA) is 103 Å². The van der Waals surface area contributed by atoms with E-state index in [4.69, 9.17) is 4.74 Å². The number of amides is 1.